The van der Waals surface area contributed by atoms with E-state index in [0.717, 1.165) is 6.42 Å². The van der Waals surface area contributed by atoms with E-state index < -0.39 is 58.7 Å². The van der Waals surface area contributed by atoms with Gasteiger partial charge in [-0.05, 0) is 39.3 Å². The number of carbonyl (C=O) groups is 2. The van der Waals surface area contributed by atoms with E-state index in [-0.39, 0.29) is 29.8 Å². The number of benzene rings is 1. The van der Waals surface area contributed by atoms with Gasteiger partial charge < -0.3 is 14.2 Å². The standard InChI is InChI=1S/C28H31F3N2O7/c1-5-6-7-11-14-38-20-15-22(40-21(20)17-39-25(36)27(2,3)4)32-16-19(28(29,30)31)24(35)33(26(32)37)23(34)18-12-9-8-10-13-18/h8-10,12-13,16,20-22H,5-6,14-15,17H2,1-4H3/t20-,21+,22+/m0/s1. The molecule has 0 radical (unpaired) electrons. The van der Waals surface area contributed by atoms with Gasteiger partial charge in [0.2, 0.25) is 0 Å². The second kappa shape index (κ2) is 12.7. The summed E-state index contributed by atoms with van der Waals surface area (Å²) in [4.78, 5) is 51.4. The molecular weight excluding hydrogens is 533 g/mol. The second-order valence-electron chi connectivity index (χ2n) is 10.2. The third-order valence-corrected chi connectivity index (χ3v) is 5.99. The van der Waals surface area contributed by atoms with E-state index in [1.807, 2.05) is 6.92 Å². The maximum atomic E-state index is 13.9. The molecule has 1 aromatic carbocycles. The van der Waals surface area contributed by atoms with Crippen LogP contribution >= 0.6 is 0 Å². The number of esters is 1. The highest BCUT2D eigenvalue weighted by Crippen LogP contribution is 2.32. The molecule has 2 heterocycles. The van der Waals surface area contributed by atoms with Crippen molar-refractivity contribution in [2.75, 3.05) is 13.2 Å². The summed E-state index contributed by atoms with van der Waals surface area (Å²) >= 11 is 0. The number of carbonyl (C=O) groups excluding carboxylic acids is 2. The average molecular weight is 565 g/mol. The fourth-order valence-electron chi connectivity index (χ4n) is 3.85. The van der Waals surface area contributed by atoms with Crippen molar-refractivity contribution in [3.05, 3.63) is 68.5 Å². The van der Waals surface area contributed by atoms with Crippen LogP contribution in [0.3, 0.4) is 0 Å². The Kier molecular flexibility index (Phi) is 9.76. The van der Waals surface area contributed by atoms with Gasteiger partial charge in [-0.2, -0.15) is 17.7 Å². The molecule has 1 aliphatic heterocycles. The summed E-state index contributed by atoms with van der Waals surface area (Å²) in [6.45, 7) is 6.57. The van der Waals surface area contributed by atoms with Gasteiger partial charge in [0.25, 0.3) is 11.5 Å². The van der Waals surface area contributed by atoms with Crippen LogP contribution in [0.5, 0.6) is 0 Å². The first-order chi connectivity index (χ1) is 18.8. The van der Waals surface area contributed by atoms with Crippen molar-refractivity contribution in [2.45, 2.75) is 71.6 Å². The third-order valence-electron chi connectivity index (χ3n) is 5.99. The second-order valence-corrected chi connectivity index (χ2v) is 10.2. The number of hydrogen-bond acceptors (Lipinski definition) is 7. The molecule has 0 saturated carbocycles. The molecule has 3 rings (SSSR count). The molecule has 2 aromatic rings. The van der Waals surface area contributed by atoms with E-state index in [1.165, 1.54) is 24.3 Å². The van der Waals surface area contributed by atoms with Crippen molar-refractivity contribution >= 4 is 11.9 Å². The third kappa shape index (κ3) is 7.28. The van der Waals surface area contributed by atoms with Crippen LogP contribution < -0.4 is 11.2 Å². The van der Waals surface area contributed by atoms with Crippen LogP contribution in [0, 0.1) is 17.3 Å². The molecular formula is C28H31F3N2O7. The Morgan fingerprint density at radius 1 is 1.10 bits per heavy atom. The minimum Gasteiger partial charge on any atom is -0.462 e. The van der Waals surface area contributed by atoms with Gasteiger partial charge >= 0.3 is 17.8 Å². The molecule has 0 N–H and O–H groups in total. The normalized spacial score (nSPS) is 19.1. The minimum atomic E-state index is -5.17. The molecule has 1 fully saturated rings. The van der Waals surface area contributed by atoms with Crippen molar-refractivity contribution in [1.29, 1.82) is 0 Å². The van der Waals surface area contributed by atoms with Gasteiger partial charge in [0.1, 0.15) is 31.1 Å². The lowest BCUT2D eigenvalue weighted by Gasteiger charge is -2.22. The highest BCUT2D eigenvalue weighted by atomic mass is 19.4. The predicted molar refractivity (Wildman–Crippen MR) is 137 cm³/mol. The van der Waals surface area contributed by atoms with Crippen LogP contribution in [-0.4, -0.2) is 46.4 Å². The Bertz CT molecular complexity index is 1400. The van der Waals surface area contributed by atoms with Crippen molar-refractivity contribution in [3.63, 3.8) is 0 Å². The molecule has 1 aliphatic rings. The lowest BCUT2D eigenvalue weighted by molar-refractivity contribution is -0.160. The maximum Gasteiger partial charge on any atom is 0.423 e. The first-order valence-electron chi connectivity index (χ1n) is 12.7. The Labute approximate surface area is 228 Å². The first-order valence-corrected chi connectivity index (χ1v) is 12.7. The molecule has 40 heavy (non-hydrogen) atoms. The highest BCUT2D eigenvalue weighted by molar-refractivity contribution is 5.95. The van der Waals surface area contributed by atoms with Crippen LogP contribution in [0.2, 0.25) is 0 Å². The van der Waals surface area contributed by atoms with Crippen molar-refractivity contribution in [1.82, 2.24) is 9.13 Å². The molecule has 216 valence electrons. The zero-order chi connectivity index (χ0) is 29.7. The Morgan fingerprint density at radius 3 is 2.38 bits per heavy atom. The highest BCUT2D eigenvalue weighted by Gasteiger charge is 2.42. The quantitative estimate of drug-likeness (QED) is 0.372. The topological polar surface area (TPSA) is 106 Å². The summed E-state index contributed by atoms with van der Waals surface area (Å²) in [5, 5.41) is 0. The fraction of sp³-hybridized carbons (Fsp3) is 0.500. The van der Waals surface area contributed by atoms with Crippen LogP contribution in [0.1, 0.15) is 69.1 Å². The lowest BCUT2D eigenvalue weighted by atomic mass is 9.97. The number of aromatic nitrogens is 2. The van der Waals surface area contributed by atoms with Crippen LogP contribution in [0.25, 0.3) is 0 Å². The molecule has 0 aliphatic carbocycles. The molecule has 0 spiro atoms. The molecule has 1 saturated heterocycles. The van der Waals surface area contributed by atoms with E-state index in [2.05, 4.69) is 11.8 Å². The summed E-state index contributed by atoms with van der Waals surface area (Å²) in [7, 11) is 0. The van der Waals surface area contributed by atoms with Gasteiger partial charge in [-0.15, -0.1) is 5.92 Å². The smallest absolute Gasteiger partial charge is 0.423 e. The van der Waals surface area contributed by atoms with E-state index in [4.69, 9.17) is 14.2 Å². The molecule has 12 heteroatoms. The van der Waals surface area contributed by atoms with E-state index in [0.29, 0.717) is 17.2 Å². The summed E-state index contributed by atoms with van der Waals surface area (Å²) in [5.74, 6) is 3.97. The number of halogens is 3. The molecule has 0 amide bonds. The summed E-state index contributed by atoms with van der Waals surface area (Å²) in [5.41, 5.74) is -5.81. The largest absolute Gasteiger partial charge is 0.462 e. The van der Waals surface area contributed by atoms with Gasteiger partial charge in [0.05, 0.1) is 11.5 Å². The number of nitrogens with zero attached hydrogens (tertiary/aromatic N) is 2. The van der Waals surface area contributed by atoms with E-state index >= 15 is 0 Å². The number of unbranched alkanes of at least 4 members (excludes halogenated alkanes) is 1. The summed E-state index contributed by atoms with van der Waals surface area (Å²) in [6, 6.07) is 7.00. The van der Waals surface area contributed by atoms with Crippen LogP contribution in [-0.2, 0) is 25.2 Å². The van der Waals surface area contributed by atoms with Gasteiger partial charge in [0, 0.05) is 24.6 Å². The van der Waals surface area contributed by atoms with Gasteiger partial charge in [0.15, 0.2) is 0 Å². The Balaban J connectivity index is 2.02. The van der Waals surface area contributed by atoms with Gasteiger partial charge in [-0.1, -0.05) is 31.0 Å². The summed E-state index contributed by atoms with van der Waals surface area (Å²) in [6.07, 6.45) is -6.63. The predicted octanol–water partition coefficient (Wildman–Crippen LogP) is 3.78. The van der Waals surface area contributed by atoms with Crippen molar-refractivity contribution < 1.29 is 37.0 Å². The van der Waals surface area contributed by atoms with Crippen molar-refractivity contribution in [3.8, 4) is 11.8 Å². The van der Waals surface area contributed by atoms with Crippen LogP contribution in [0.4, 0.5) is 13.2 Å². The molecule has 9 nitrogen and oxygen atoms in total. The zero-order valence-corrected chi connectivity index (χ0v) is 22.6. The lowest BCUT2D eigenvalue weighted by Crippen LogP contribution is -2.47. The molecule has 3 atom stereocenters. The number of alkyl halides is 3. The Morgan fingerprint density at radius 2 is 1.77 bits per heavy atom. The number of ether oxygens (including phenoxy) is 3. The Hall–Kier alpha value is -3.69. The maximum absolute atomic E-state index is 13.9. The SMILES string of the molecule is CCCC#CCO[C@H]1C[C@H](n2cc(C(F)(F)F)c(=O)n(C(=O)c3ccccc3)c2=O)O[C@@H]1COC(=O)C(C)(C)C. The van der Waals surface area contributed by atoms with Crippen molar-refractivity contribution in [2.24, 2.45) is 5.41 Å². The molecule has 0 unspecified atom stereocenters. The molecule has 0 bridgehead atoms. The van der Waals surface area contributed by atoms with Crippen LogP contribution in [0.15, 0.2) is 46.1 Å². The average Bonchev–Trinajstić information content (AvgIpc) is 3.28. The fourth-order valence-corrected chi connectivity index (χ4v) is 3.85. The summed E-state index contributed by atoms with van der Waals surface area (Å²) < 4.78 is 59.0. The number of rotatable bonds is 7. The number of hydrogen-bond donors (Lipinski definition) is 0. The zero-order valence-electron chi connectivity index (χ0n) is 22.6. The minimum absolute atomic E-state index is 0.0286. The van der Waals surface area contributed by atoms with E-state index in [9.17, 15) is 32.3 Å². The van der Waals surface area contributed by atoms with Gasteiger partial charge in [-0.3, -0.25) is 19.0 Å². The monoisotopic (exact) mass is 564 g/mol. The molecule has 1 aromatic heterocycles. The van der Waals surface area contributed by atoms with Gasteiger partial charge in [-0.25, -0.2) is 4.79 Å². The van der Waals surface area contributed by atoms with E-state index in [1.54, 1.807) is 26.8 Å². The first kappa shape index (κ1) is 30.8.